The minimum Gasteiger partial charge on any atom is -0.368 e. The van der Waals surface area contributed by atoms with Gasteiger partial charge in [-0.15, -0.1) is 0 Å². The van der Waals surface area contributed by atoms with Gasteiger partial charge in [-0.05, 0) is 20.5 Å². The third-order valence-corrected chi connectivity index (χ3v) is 3.18. The first kappa shape index (κ1) is 12.0. The van der Waals surface area contributed by atoms with E-state index in [1.165, 1.54) is 0 Å². The molecule has 1 saturated heterocycles. The second-order valence-corrected chi connectivity index (χ2v) is 4.62. The van der Waals surface area contributed by atoms with E-state index in [0.717, 1.165) is 37.7 Å². The van der Waals surface area contributed by atoms with Gasteiger partial charge in [0.05, 0.1) is 0 Å². The van der Waals surface area contributed by atoms with E-state index in [-0.39, 0.29) is 0 Å². The van der Waals surface area contributed by atoms with E-state index in [0.29, 0.717) is 12.0 Å². The quantitative estimate of drug-likeness (QED) is 0.806. The summed E-state index contributed by atoms with van der Waals surface area (Å²) in [5.74, 6) is 1.81. The molecule has 0 saturated carbocycles. The minimum absolute atomic E-state index is 0.320. The predicted octanol–water partition coefficient (Wildman–Crippen LogP) is 0.157. The van der Waals surface area contributed by atoms with Gasteiger partial charge in [0.25, 0.3) is 0 Å². The van der Waals surface area contributed by atoms with Crippen LogP contribution in [-0.4, -0.2) is 53.1 Å². The van der Waals surface area contributed by atoms with Crippen LogP contribution < -0.4 is 10.6 Å². The molecule has 0 amide bonds. The molecular weight excluding hydrogens is 216 g/mol. The Hall–Kier alpha value is -1.43. The van der Waals surface area contributed by atoms with Crippen LogP contribution >= 0.6 is 0 Å². The summed E-state index contributed by atoms with van der Waals surface area (Å²) in [6, 6.07) is 0.568. The molecule has 0 aliphatic carbocycles. The van der Waals surface area contributed by atoms with Crippen molar-refractivity contribution in [1.29, 1.82) is 0 Å². The number of hydrogen-bond acceptors (Lipinski definition) is 6. The van der Waals surface area contributed by atoms with Crippen LogP contribution in [-0.2, 0) is 6.42 Å². The second kappa shape index (κ2) is 4.83. The fourth-order valence-corrected chi connectivity index (χ4v) is 2.07. The Balaban J connectivity index is 2.15. The summed E-state index contributed by atoms with van der Waals surface area (Å²) in [7, 11) is 4.21. The summed E-state index contributed by atoms with van der Waals surface area (Å²) in [5.41, 5.74) is 5.70. The lowest BCUT2D eigenvalue weighted by Crippen LogP contribution is -2.32. The molecule has 0 aromatic carbocycles. The van der Waals surface area contributed by atoms with Crippen molar-refractivity contribution >= 4 is 11.9 Å². The first-order chi connectivity index (χ1) is 8.10. The lowest BCUT2D eigenvalue weighted by Gasteiger charge is -2.20. The number of aryl methyl sites for hydroxylation is 1. The number of aromatic nitrogens is 3. The molecule has 2 N–H and O–H groups in total. The molecule has 6 nitrogen and oxygen atoms in total. The Kier molecular flexibility index (Phi) is 3.42. The van der Waals surface area contributed by atoms with Gasteiger partial charge in [0, 0.05) is 25.6 Å². The SMILES string of the molecule is CCc1nc(N)nc(N2CCC(N(C)C)C2)n1. The lowest BCUT2D eigenvalue weighted by atomic mass is 10.2. The summed E-state index contributed by atoms with van der Waals surface area (Å²) in [5, 5.41) is 0. The Labute approximate surface area is 102 Å². The maximum atomic E-state index is 5.70. The van der Waals surface area contributed by atoms with Crippen molar-refractivity contribution in [2.75, 3.05) is 37.8 Å². The number of nitrogen functional groups attached to an aromatic ring is 1. The molecule has 0 bridgehead atoms. The van der Waals surface area contributed by atoms with E-state index in [1.807, 2.05) is 6.92 Å². The standard InChI is InChI=1S/C11H20N6/c1-4-9-13-10(12)15-11(14-9)17-6-5-8(7-17)16(2)3/h8H,4-7H2,1-3H3,(H2,12,13,14,15). The van der Waals surface area contributed by atoms with Crippen molar-refractivity contribution in [3.05, 3.63) is 5.82 Å². The van der Waals surface area contributed by atoms with Gasteiger partial charge in [-0.3, -0.25) is 0 Å². The van der Waals surface area contributed by atoms with Gasteiger partial charge in [0.2, 0.25) is 11.9 Å². The van der Waals surface area contributed by atoms with E-state index >= 15 is 0 Å². The summed E-state index contributed by atoms with van der Waals surface area (Å²) in [4.78, 5) is 17.2. The van der Waals surface area contributed by atoms with Gasteiger partial charge in [0.15, 0.2) is 0 Å². The van der Waals surface area contributed by atoms with Gasteiger partial charge >= 0.3 is 0 Å². The topological polar surface area (TPSA) is 71.2 Å². The molecule has 17 heavy (non-hydrogen) atoms. The number of hydrogen-bond donors (Lipinski definition) is 1. The second-order valence-electron chi connectivity index (χ2n) is 4.62. The smallest absolute Gasteiger partial charge is 0.230 e. The third-order valence-electron chi connectivity index (χ3n) is 3.18. The van der Waals surface area contributed by atoms with Crippen LogP contribution in [0.15, 0.2) is 0 Å². The van der Waals surface area contributed by atoms with E-state index in [2.05, 4.69) is 38.8 Å². The highest BCUT2D eigenvalue weighted by atomic mass is 15.3. The molecule has 1 aliphatic rings. The molecular formula is C11H20N6. The van der Waals surface area contributed by atoms with Crippen molar-refractivity contribution in [2.45, 2.75) is 25.8 Å². The highest BCUT2D eigenvalue weighted by molar-refractivity contribution is 5.36. The molecule has 0 radical (unpaired) electrons. The first-order valence-corrected chi connectivity index (χ1v) is 6.02. The maximum Gasteiger partial charge on any atom is 0.230 e. The third kappa shape index (κ3) is 2.63. The summed E-state index contributed by atoms with van der Waals surface area (Å²) in [6.07, 6.45) is 1.92. The first-order valence-electron chi connectivity index (χ1n) is 6.02. The molecule has 1 fully saturated rings. The predicted molar refractivity (Wildman–Crippen MR) is 67.9 cm³/mol. The maximum absolute atomic E-state index is 5.70. The number of anilines is 2. The van der Waals surface area contributed by atoms with Crippen molar-refractivity contribution in [2.24, 2.45) is 0 Å². The lowest BCUT2D eigenvalue weighted by molar-refractivity contribution is 0.315. The van der Waals surface area contributed by atoms with E-state index in [4.69, 9.17) is 5.73 Å². The van der Waals surface area contributed by atoms with Crippen LogP contribution in [0.3, 0.4) is 0 Å². The monoisotopic (exact) mass is 236 g/mol. The molecule has 2 heterocycles. The van der Waals surface area contributed by atoms with Crippen molar-refractivity contribution in [1.82, 2.24) is 19.9 Å². The van der Waals surface area contributed by atoms with Crippen LogP contribution in [0.4, 0.5) is 11.9 Å². The minimum atomic E-state index is 0.320. The molecule has 1 aromatic rings. The summed E-state index contributed by atoms with van der Waals surface area (Å²) >= 11 is 0. The average Bonchev–Trinajstić information content (AvgIpc) is 2.77. The summed E-state index contributed by atoms with van der Waals surface area (Å²) in [6.45, 7) is 3.96. The fourth-order valence-electron chi connectivity index (χ4n) is 2.07. The molecule has 0 spiro atoms. The van der Waals surface area contributed by atoms with Gasteiger partial charge in [-0.25, -0.2) is 0 Å². The van der Waals surface area contributed by atoms with E-state index in [9.17, 15) is 0 Å². The van der Waals surface area contributed by atoms with E-state index in [1.54, 1.807) is 0 Å². The largest absolute Gasteiger partial charge is 0.368 e. The number of nitrogens with two attached hydrogens (primary N) is 1. The van der Waals surface area contributed by atoms with Crippen LogP contribution in [0.25, 0.3) is 0 Å². The normalized spacial score (nSPS) is 20.2. The fraction of sp³-hybridized carbons (Fsp3) is 0.727. The highest BCUT2D eigenvalue weighted by Crippen LogP contribution is 2.19. The van der Waals surface area contributed by atoms with Crippen molar-refractivity contribution < 1.29 is 0 Å². The Bertz CT molecular complexity index is 392. The van der Waals surface area contributed by atoms with Crippen LogP contribution in [0.2, 0.25) is 0 Å². The molecule has 2 rings (SSSR count). The van der Waals surface area contributed by atoms with Gasteiger partial charge in [-0.2, -0.15) is 15.0 Å². The molecule has 1 unspecified atom stereocenters. The molecule has 1 aliphatic heterocycles. The number of likely N-dealkylation sites (N-methyl/N-ethyl adjacent to an activating group) is 1. The van der Waals surface area contributed by atoms with Gasteiger partial charge in [0.1, 0.15) is 5.82 Å². The zero-order chi connectivity index (χ0) is 12.4. The molecule has 1 aromatic heterocycles. The Morgan fingerprint density at radius 1 is 1.35 bits per heavy atom. The number of rotatable bonds is 3. The Morgan fingerprint density at radius 3 is 2.71 bits per heavy atom. The molecule has 94 valence electrons. The van der Waals surface area contributed by atoms with Crippen molar-refractivity contribution in [3.8, 4) is 0 Å². The van der Waals surface area contributed by atoms with Crippen LogP contribution in [0.5, 0.6) is 0 Å². The van der Waals surface area contributed by atoms with E-state index < -0.39 is 0 Å². The van der Waals surface area contributed by atoms with Crippen molar-refractivity contribution in [3.63, 3.8) is 0 Å². The number of nitrogens with zero attached hydrogens (tertiary/aromatic N) is 5. The van der Waals surface area contributed by atoms with Gasteiger partial charge < -0.3 is 15.5 Å². The molecule has 6 heteroatoms. The zero-order valence-corrected chi connectivity index (χ0v) is 10.7. The Morgan fingerprint density at radius 2 is 2.12 bits per heavy atom. The zero-order valence-electron chi connectivity index (χ0n) is 10.7. The molecule has 1 atom stereocenters. The van der Waals surface area contributed by atoms with Gasteiger partial charge in [-0.1, -0.05) is 6.92 Å². The highest BCUT2D eigenvalue weighted by Gasteiger charge is 2.26. The van der Waals surface area contributed by atoms with Crippen LogP contribution in [0.1, 0.15) is 19.2 Å². The summed E-state index contributed by atoms with van der Waals surface area (Å²) < 4.78 is 0. The van der Waals surface area contributed by atoms with Crippen LogP contribution in [0, 0.1) is 0 Å². The average molecular weight is 236 g/mol.